The van der Waals surface area contributed by atoms with Gasteiger partial charge in [0.05, 0.1) is 5.02 Å². The fraction of sp³-hybridized carbons (Fsp3) is 0.429. The van der Waals surface area contributed by atoms with Crippen LogP contribution in [0.25, 0.3) is 11.0 Å². The number of hydrogen-bond donors (Lipinski definition) is 1. The van der Waals surface area contributed by atoms with Gasteiger partial charge in [-0.25, -0.2) is 4.98 Å². The Balaban J connectivity index is 1.75. The molecule has 92 valence electrons. The molecule has 0 bridgehead atoms. The molecule has 18 heavy (non-hydrogen) atoms. The van der Waals surface area contributed by atoms with Gasteiger partial charge < -0.3 is 4.98 Å². The molecule has 3 nitrogen and oxygen atoms in total. The molecular weight excluding hydrogens is 248 g/mol. The van der Waals surface area contributed by atoms with Gasteiger partial charge in [0, 0.05) is 29.3 Å². The van der Waals surface area contributed by atoms with Crippen LogP contribution < -0.4 is 0 Å². The minimum absolute atomic E-state index is 0.198. The topological polar surface area (TPSA) is 45.8 Å². The number of aromatic nitrogens is 2. The summed E-state index contributed by atoms with van der Waals surface area (Å²) in [6.45, 7) is 0. The quantitative estimate of drug-likeness (QED) is 0.841. The van der Waals surface area contributed by atoms with Gasteiger partial charge in [-0.05, 0) is 37.2 Å². The number of carbonyl (C=O) groups excluding carboxylic acids is 1. The Labute approximate surface area is 110 Å². The Morgan fingerprint density at radius 3 is 2.89 bits per heavy atom. The Bertz CT molecular complexity index is 638. The molecule has 2 aromatic rings. The number of pyridine rings is 1. The molecule has 2 saturated carbocycles. The maximum atomic E-state index is 12.5. The van der Waals surface area contributed by atoms with Gasteiger partial charge in [0.15, 0.2) is 5.78 Å². The molecule has 4 rings (SSSR count). The van der Waals surface area contributed by atoms with E-state index in [1.54, 1.807) is 18.5 Å². The predicted octanol–water partition coefficient (Wildman–Crippen LogP) is 3.45. The van der Waals surface area contributed by atoms with Crippen LogP contribution in [0.15, 0.2) is 18.5 Å². The van der Waals surface area contributed by atoms with E-state index in [0.29, 0.717) is 10.7 Å². The first kappa shape index (κ1) is 10.6. The van der Waals surface area contributed by atoms with Crippen molar-refractivity contribution in [3.63, 3.8) is 0 Å². The van der Waals surface area contributed by atoms with E-state index in [1.807, 2.05) is 0 Å². The molecule has 2 aliphatic rings. The summed E-state index contributed by atoms with van der Waals surface area (Å²) in [5.41, 5.74) is 1.42. The van der Waals surface area contributed by atoms with Gasteiger partial charge in [-0.15, -0.1) is 0 Å². The number of rotatable bonds is 2. The van der Waals surface area contributed by atoms with E-state index < -0.39 is 0 Å². The van der Waals surface area contributed by atoms with Crippen LogP contribution in [0.5, 0.6) is 0 Å². The normalized spacial score (nSPS) is 29.5. The summed E-state index contributed by atoms with van der Waals surface area (Å²) in [6.07, 6.45) is 6.87. The average Bonchev–Trinajstić information content (AvgIpc) is 2.81. The lowest BCUT2D eigenvalue weighted by atomic mass is 9.93. The fourth-order valence-electron chi connectivity index (χ4n) is 3.36. The van der Waals surface area contributed by atoms with E-state index in [-0.39, 0.29) is 11.7 Å². The van der Waals surface area contributed by atoms with Crippen molar-refractivity contribution in [3.05, 3.63) is 29.0 Å². The Kier molecular flexibility index (Phi) is 2.10. The van der Waals surface area contributed by atoms with Crippen molar-refractivity contribution >= 4 is 28.4 Å². The number of fused-ring (bicyclic) bond motifs is 2. The van der Waals surface area contributed by atoms with E-state index in [2.05, 4.69) is 9.97 Å². The number of H-pyrrole nitrogens is 1. The SMILES string of the molecule is O=C(c1c[nH]c2nccc(Cl)c12)C1CC2CC2C1. The minimum Gasteiger partial charge on any atom is -0.345 e. The number of aromatic amines is 1. The summed E-state index contributed by atoms with van der Waals surface area (Å²) in [7, 11) is 0. The molecule has 2 fully saturated rings. The van der Waals surface area contributed by atoms with Gasteiger partial charge in [-0.3, -0.25) is 4.79 Å². The predicted molar refractivity (Wildman–Crippen MR) is 69.8 cm³/mol. The van der Waals surface area contributed by atoms with Crippen molar-refractivity contribution in [2.24, 2.45) is 17.8 Å². The van der Waals surface area contributed by atoms with Crippen molar-refractivity contribution < 1.29 is 4.79 Å². The summed E-state index contributed by atoms with van der Waals surface area (Å²) in [4.78, 5) is 19.8. The van der Waals surface area contributed by atoms with E-state index in [0.717, 1.165) is 35.6 Å². The molecular formula is C14H13ClN2O. The van der Waals surface area contributed by atoms with Crippen molar-refractivity contribution in [2.45, 2.75) is 19.3 Å². The summed E-state index contributed by atoms with van der Waals surface area (Å²) in [5, 5.41) is 1.39. The Morgan fingerprint density at radius 1 is 1.33 bits per heavy atom. The van der Waals surface area contributed by atoms with Crippen LogP contribution in [0.3, 0.4) is 0 Å². The highest BCUT2D eigenvalue weighted by atomic mass is 35.5. The molecule has 2 heterocycles. The third-order valence-corrected chi connectivity index (χ3v) is 4.72. The lowest BCUT2D eigenvalue weighted by molar-refractivity contribution is 0.0916. The van der Waals surface area contributed by atoms with Gasteiger partial charge in [0.25, 0.3) is 0 Å². The summed E-state index contributed by atoms with van der Waals surface area (Å²) in [6, 6.07) is 1.74. The molecule has 0 aliphatic heterocycles. The number of carbonyl (C=O) groups is 1. The highest BCUT2D eigenvalue weighted by molar-refractivity contribution is 6.36. The number of Topliss-reactive ketones (excluding diaryl/α,β-unsaturated/α-hetero) is 1. The molecule has 2 aromatic heterocycles. The lowest BCUT2D eigenvalue weighted by Gasteiger charge is -2.09. The summed E-state index contributed by atoms with van der Waals surface area (Å²) in [5.74, 6) is 2.07. The second kappa shape index (κ2) is 3.58. The monoisotopic (exact) mass is 260 g/mol. The first-order valence-electron chi connectivity index (χ1n) is 6.40. The van der Waals surface area contributed by atoms with Crippen molar-refractivity contribution in [3.8, 4) is 0 Å². The standard InChI is InChI=1S/C14H13ClN2O/c15-11-1-2-16-14-12(11)10(6-17-14)13(18)9-4-7-3-8(7)5-9/h1-2,6-9H,3-5H2,(H,16,17). The first-order valence-corrected chi connectivity index (χ1v) is 6.77. The number of ketones is 1. The molecule has 2 unspecified atom stereocenters. The van der Waals surface area contributed by atoms with E-state index in [9.17, 15) is 4.79 Å². The molecule has 0 saturated heterocycles. The number of nitrogens with zero attached hydrogens (tertiary/aromatic N) is 1. The van der Waals surface area contributed by atoms with Gasteiger partial charge in [0.2, 0.25) is 0 Å². The van der Waals surface area contributed by atoms with Crippen LogP contribution in [-0.4, -0.2) is 15.8 Å². The van der Waals surface area contributed by atoms with Crippen LogP contribution in [0.1, 0.15) is 29.6 Å². The zero-order chi connectivity index (χ0) is 12.3. The van der Waals surface area contributed by atoms with E-state index in [1.165, 1.54) is 6.42 Å². The van der Waals surface area contributed by atoms with Crippen molar-refractivity contribution in [2.75, 3.05) is 0 Å². The molecule has 0 amide bonds. The lowest BCUT2D eigenvalue weighted by Crippen LogP contribution is -2.12. The zero-order valence-electron chi connectivity index (χ0n) is 9.82. The van der Waals surface area contributed by atoms with Crippen LogP contribution >= 0.6 is 11.6 Å². The molecule has 1 N–H and O–H groups in total. The van der Waals surface area contributed by atoms with Gasteiger partial charge >= 0.3 is 0 Å². The molecule has 4 heteroatoms. The van der Waals surface area contributed by atoms with Crippen molar-refractivity contribution in [1.29, 1.82) is 0 Å². The maximum Gasteiger partial charge on any atom is 0.168 e. The molecule has 2 atom stereocenters. The molecule has 0 radical (unpaired) electrons. The Morgan fingerprint density at radius 2 is 2.11 bits per heavy atom. The Hall–Kier alpha value is -1.35. The van der Waals surface area contributed by atoms with Crippen LogP contribution in [0.2, 0.25) is 5.02 Å². The van der Waals surface area contributed by atoms with E-state index in [4.69, 9.17) is 11.6 Å². The maximum absolute atomic E-state index is 12.5. The highest BCUT2D eigenvalue weighted by Crippen LogP contribution is 2.55. The molecule has 0 spiro atoms. The van der Waals surface area contributed by atoms with Crippen LogP contribution in [0.4, 0.5) is 0 Å². The van der Waals surface area contributed by atoms with E-state index >= 15 is 0 Å². The zero-order valence-corrected chi connectivity index (χ0v) is 10.6. The third-order valence-electron chi connectivity index (χ3n) is 4.40. The number of halogens is 1. The fourth-order valence-corrected chi connectivity index (χ4v) is 3.61. The average molecular weight is 261 g/mol. The molecule has 2 aliphatic carbocycles. The second-order valence-corrected chi connectivity index (χ2v) is 5.91. The summed E-state index contributed by atoms with van der Waals surface area (Å²) < 4.78 is 0. The van der Waals surface area contributed by atoms with Gasteiger partial charge in [0.1, 0.15) is 5.65 Å². The summed E-state index contributed by atoms with van der Waals surface area (Å²) >= 11 is 6.18. The smallest absolute Gasteiger partial charge is 0.168 e. The minimum atomic E-state index is 0.198. The van der Waals surface area contributed by atoms with Gasteiger partial charge in [-0.2, -0.15) is 0 Å². The van der Waals surface area contributed by atoms with Crippen LogP contribution in [-0.2, 0) is 0 Å². The van der Waals surface area contributed by atoms with Gasteiger partial charge in [-0.1, -0.05) is 11.6 Å². The first-order chi connectivity index (χ1) is 8.74. The highest BCUT2D eigenvalue weighted by Gasteiger charge is 2.48. The third kappa shape index (κ3) is 1.43. The van der Waals surface area contributed by atoms with Crippen LogP contribution in [0, 0.1) is 17.8 Å². The number of nitrogens with one attached hydrogen (secondary N) is 1. The number of hydrogen-bond acceptors (Lipinski definition) is 2. The largest absolute Gasteiger partial charge is 0.345 e. The molecule has 0 aromatic carbocycles. The second-order valence-electron chi connectivity index (χ2n) is 5.51. The van der Waals surface area contributed by atoms with Crippen molar-refractivity contribution in [1.82, 2.24) is 9.97 Å².